The van der Waals surface area contributed by atoms with E-state index >= 15 is 0 Å². The van der Waals surface area contributed by atoms with Crippen LogP contribution in [0.15, 0.2) is 60.7 Å². The minimum atomic E-state index is -5.10. The van der Waals surface area contributed by atoms with Crippen molar-refractivity contribution in [2.24, 2.45) is 5.92 Å². The van der Waals surface area contributed by atoms with Gasteiger partial charge in [0.15, 0.2) is 0 Å². The van der Waals surface area contributed by atoms with Crippen LogP contribution in [0.1, 0.15) is 46.8 Å². The summed E-state index contributed by atoms with van der Waals surface area (Å²) in [6, 6.07) is 12.9. The molecule has 3 aromatic rings. The first-order valence-electron chi connectivity index (χ1n) is 11.5. The van der Waals surface area contributed by atoms with E-state index in [4.69, 9.17) is 0 Å². The zero-order valence-electron chi connectivity index (χ0n) is 20.0. The highest BCUT2D eigenvalue weighted by Crippen LogP contribution is 2.37. The lowest BCUT2D eigenvalue weighted by Gasteiger charge is -2.31. The standard InChI is InChI=1S/C27H25F6NO3/c1-3-17(25(36)37)14-23(11-16-8-9-18-6-4-5-7-19(18)10-16)34(2)24(35)20-12-21(26(28,29)30)15-22(13-20)27(31,32)33/h4-10,12-13,15,17,23H,3,11,14H2,1-2H3,(H,36,37). The van der Waals surface area contributed by atoms with Gasteiger partial charge in [-0.05, 0) is 53.8 Å². The molecular weight excluding hydrogens is 500 g/mol. The Labute approximate surface area is 209 Å². The van der Waals surface area contributed by atoms with Gasteiger partial charge in [0.2, 0.25) is 0 Å². The molecule has 10 heteroatoms. The summed E-state index contributed by atoms with van der Waals surface area (Å²) in [4.78, 5) is 26.0. The summed E-state index contributed by atoms with van der Waals surface area (Å²) in [6.07, 6.45) is -9.85. The molecule has 2 unspecified atom stereocenters. The molecule has 2 atom stereocenters. The van der Waals surface area contributed by atoms with Crippen molar-refractivity contribution in [3.05, 3.63) is 82.9 Å². The van der Waals surface area contributed by atoms with Crippen LogP contribution >= 0.6 is 0 Å². The number of carboxylic acids is 1. The molecule has 0 bridgehead atoms. The van der Waals surface area contributed by atoms with Crippen LogP contribution < -0.4 is 0 Å². The Balaban J connectivity index is 2.01. The number of rotatable bonds is 8. The molecule has 0 saturated carbocycles. The molecule has 198 valence electrons. The fraction of sp³-hybridized carbons (Fsp3) is 0.333. The Morgan fingerprint density at radius 2 is 1.43 bits per heavy atom. The van der Waals surface area contributed by atoms with Gasteiger partial charge >= 0.3 is 18.3 Å². The summed E-state index contributed by atoms with van der Waals surface area (Å²) in [5.74, 6) is -3.04. The van der Waals surface area contributed by atoms with Crippen molar-refractivity contribution in [3.8, 4) is 0 Å². The number of carbonyl (C=O) groups excluding carboxylic acids is 1. The number of carbonyl (C=O) groups is 2. The Morgan fingerprint density at radius 3 is 1.95 bits per heavy atom. The third kappa shape index (κ3) is 6.81. The SMILES string of the molecule is CCC(CC(Cc1ccc2ccccc2c1)N(C)C(=O)c1cc(C(F)(F)F)cc(C(F)(F)F)c1)C(=O)O. The number of likely N-dealkylation sites (N-methyl/N-ethyl adjacent to an activating group) is 1. The molecule has 1 amide bonds. The number of fused-ring (bicyclic) bond motifs is 1. The highest BCUT2D eigenvalue weighted by atomic mass is 19.4. The van der Waals surface area contributed by atoms with E-state index in [2.05, 4.69) is 0 Å². The molecule has 3 rings (SSSR count). The summed E-state index contributed by atoms with van der Waals surface area (Å²) in [7, 11) is 1.26. The zero-order valence-corrected chi connectivity index (χ0v) is 20.0. The first-order valence-corrected chi connectivity index (χ1v) is 11.5. The third-order valence-electron chi connectivity index (χ3n) is 6.39. The molecule has 0 aliphatic rings. The predicted octanol–water partition coefficient (Wildman–Crippen LogP) is 7.06. The van der Waals surface area contributed by atoms with E-state index < -0.39 is 52.9 Å². The monoisotopic (exact) mass is 525 g/mol. The number of halogens is 6. The molecular formula is C27H25F6NO3. The number of alkyl halides is 6. The van der Waals surface area contributed by atoms with E-state index in [-0.39, 0.29) is 25.3 Å². The molecule has 1 N–H and O–H groups in total. The maximum absolute atomic E-state index is 13.3. The number of hydrogen-bond donors (Lipinski definition) is 1. The van der Waals surface area contributed by atoms with Crippen molar-refractivity contribution in [1.29, 1.82) is 0 Å². The minimum Gasteiger partial charge on any atom is -0.481 e. The predicted molar refractivity (Wildman–Crippen MR) is 126 cm³/mol. The number of nitrogens with zero attached hydrogens (tertiary/aromatic N) is 1. The van der Waals surface area contributed by atoms with Crippen molar-refractivity contribution < 1.29 is 41.0 Å². The third-order valence-corrected chi connectivity index (χ3v) is 6.39. The van der Waals surface area contributed by atoms with E-state index in [9.17, 15) is 41.0 Å². The van der Waals surface area contributed by atoms with Crippen molar-refractivity contribution in [3.63, 3.8) is 0 Å². The van der Waals surface area contributed by atoms with E-state index in [1.165, 1.54) is 7.05 Å². The van der Waals surface area contributed by atoms with Crippen LogP contribution in [-0.4, -0.2) is 35.0 Å². The molecule has 0 heterocycles. The second-order valence-corrected chi connectivity index (χ2v) is 8.93. The molecule has 4 nitrogen and oxygen atoms in total. The summed E-state index contributed by atoms with van der Waals surface area (Å²) in [5.41, 5.74) is -3.23. The summed E-state index contributed by atoms with van der Waals surface area (Å²) < 4.78 is 79.9. The summed E-state index contributed by atoms with van der Waals surface area (Å²) in [6.45, 7) is 1.65. The number of hydrogen-bond acceptors (Lipinski definition) is 2. The van der Waals surface area contributed by atoms with Gasteiger partial charge in [0, 0.05) is 18.7 Å². The molecule has 0 aromatic heterocycles. The summed E-state index contributed by atoms with van der Waals surface area (Å²) >= 11 is 0. The molecule has 0 aliphatic heterocycles. The van der Waals surface area contributed by atoms with Crippen LogP contribution in [0.3, 0.4) is 0 Å². The Hall–Kier alpha value is -3.56. The maximum Gasteiger partial charge on any atom is 0.416 e. The number of aliphatic carboxylic acids is 1. The van der Waals surface area contributed by atoms with Crippen LogP contribution in [0.2, 0.25) is 0 Å². The smallest absolute Gasteiger partial charge is 0.416 e. The number of amides is 1. The van der Waals surface area contributed by atoms with E-state index in [0.29, 0.717) is 12.1 Å². The van der Waals surface area contributed by atoms with E-state index in [0.717, 1.165) is 21.2 Å². The van der Waals surface area contributed by atoms with Crippen LogP contribution in [-0.2, 0) is 23.6 Å². The van der Waals surface area contributed by atoms with Gasteiger partial charge in [-0.1, -0.05) is 49.4 Å². The Bertz CT molecular complexity index is 1250. The number of carboxylic acid groups (broad SMARTS) is 1. The normalized spacial score (nSPS) is 13.8. The van der Waals surface area contributed by atoms with Gasteiger partial charge in [-0.3, -0.25) is 9.59 Å². The summed E-state index contributed by atoms with van der Waals surface area (Å²) in [5, 5.41) is 11.4. The first kappa shape index (κ1) is 28.0. The Morgan fingerprint density at radius 1 is 0.865 bits per heavy atom. The van der Waals surface area contributed by atoms with Crippen LogP contribution in [0, 0.1) is 5.92 Å². The quantitative estimate of drug-likeness (QED) is 0.320. The van der Waals surface area contributed by atoms with E-state index in [1.807, 2.05) is 36.4 Å². The van der Waals surface area contributed by atoms with Gasteiger partial charge in [-0.15, -0.1) is 0 Å². The van der Waals surface area contributed by atoms with E-state index in [1.54, 1.807) is 13.0 Å². The highest BCUT2D eigenvalue weighted by Gasteiger charge is 2.38. The fourth-order valence-electron chi connectivity index (χ4n) is 4.23. The van der Waals surface area contributed by atoms with Crippen LogP contribution in [0.4, 0.5) is 26.3 Å². The van der Waals surface area contributed by atoms with Gasteiger partial charge in [0.25, 0.3) is 5.91 Å². The minimum absolute atomic E-state index is 0.0357. The van der Waals surface area contributed by atoms with Crippen molar-refractivity contribution in [1.82, 2.24) is 4.90 Å². The second-order valence-electron chi connectivity index (χ2n) is 8.93. The molecule has 0 saturated heterocycles. The topological polar surface area (TPSA) is 57.6 Å². The average molecular weight is 525 g/mol. The largest absolute Gasteiger partial charge is 0.481 e. The Kier molecular flexibility index (Phi) is 8.19. The lowest BCUT2D eigenvalue weighted by Crippen LogP contribution is -2.41. The van der Waals surface area contributed by atoms with Crippen LogP contribution in [0.25, 0.3) is 10.8 Å². The van der Waals surface area contributed by atoms with Gasteiger partial charge in [-0.25, -0.2) is 0 Å². The van der Waals surface area contributed by atoms with Crippen molar-refractivity contribution in [2.75, 3.05) is 7.05 Å². The maximum atomic E-state index is 13.3. The lowest BCUT2D eigenvalue weighted by molar-refractivity contribution is -0.144. The van der Waals surface area contributed by atoms with Crippen molar-refractivity contribution in [2.45, 2.75) is 44.6 Å². The molecule has 0 fully saturated rings. The highest BCUT2D eigenvalue weighted by molar-refractivity contribution is 5.95. The van der Waals surface area contributed by atoms with Crippen LogP contribution in [0.5, 0.6) is 0 Å². The second kappa shape index (κ2) is 10.8. The lowest BCUT2D eigenvalue weighted by atomic mass is 9.91. The van der Waals surface area contributed by atoms with Crippen molar-refractivity contribution >= 4 is 22.6 Å². The molecule has 0 spiro atoms. The molecule has 37 heavy (non-hydrogen) atoms. The first-order chi connectivity index (χ1) is 17.2. The average Bonchev–Trinajstić information content (AvgIpc) is 2.83. The van der Waals surface area contributed by atoms with Gasteiger partial charge in [0.05, 0.1) is 17.0 Å². The zero-order chi connectivity index (χ0) is 27.5. The van der Waals surface area contributed by atoms with Gasteiger partial charge < -0.3 is 10.0 Å². The molecule has 3 aromatic carbocycles. The fourth-order valence-corrected chi connectivity index (χ4v) is 4.23. The molecule has 0 radical (unpaired) electrons. The molecule has 0 aliphatic carbocycles. The van der Waals surface area contributed by atoms with Gasteiger partial charge in [0.1, 0.15) is 0 Å². The van der Waals surface area contributed by atoms with Gasteiger partial charge in [-0.2, -0.15) is 26.3 Å². The number of benzene rings is 3.